The molecule has 0 aromatic heterocycles. The summed E-state index contributed by atoms with van der Waals surface area (Å²) in [4.78, 5) is 26.0. The molecule has 2 aromatic rings. The number of rotatable bonds is 4. The number of imide groups is 1. The molecule has 1 aliphatic heterocycles. The van der Waals surface area contributed by atoms with Crippen molar-refractivity contribution in [2.45, 2.75) is 25.8 Å². The van der Waals surface area contributed by atoms with E-state index in [2.05, 4.69) is 12.2 Å². The van der Waals surface area contributed by atoms with Gasteiger partial charge in [0, 0.05) is 5.69 Å². The van der Waals surface area contributed by atoms with E-state index in [0.29, 0.717) is 5.69 Å². The molecule has 112 valence electrons. The van der Waals surface area contributed by atoms with Crippen LogP contribution in [0.2, 0.25) is 0 Å². The highest BCUT2D eigenvalue weighted by Crippen LogP contribution is 2.24. The van der Waals surface area contributed by atoms with Gasteiger partial charge in [0.15, 0.2) is 0 Å². The molecule has 0 bridgehead atoms. The second-order valence-electron chi connectivity index (χ2n) is 5.36. The van der Waals surface area contributed by atoms with Crippen LogP contribution in [0, 0.1) is 0 Å². The average Bonchev–Trinajstić information content (AvgIpc) is 2.82. The van der Waals surface area contributed by atoms with Gasteiger partial charge in [-0.1, -0.05) is 37.3 Å². The molecular weight excluding hydrogens is 276 g/mol. The Labute approximate surface area is 129 Å². The summed E-state index contributed by atoms with van der Waals surface area (Å²) in [5.41, 5.74) is 2.70. The second kappa shape index (κ2) is 6.02. The summed E-state index contributed by atoms with van der Waals surface area (Å²) in [6, 6.07) is 16.5. The van der Waals surface area contributed by atoms with E-state index >= 15 is 0 Å². The fraction of sp³-hybridized carbons (Fsp3) is 0.222. The molecule has 4 heteroatoms. The first kappa shape index (κ1) is 14.3. The van der Waals surface area contributed by atoms with Crippen molar-refractivity contribution >= 4 is 23.2 Å². The van der Waals surface area contributed by atoms with Gasteiger partial charge < -0.3 is 5.32 Å². The molecule has 2 amide bonds. The van der Waals surface area contributed by atoms with Gasteiger partial charge in [-0.25, -0.2) is 4.90 Å². The lowest BCUT2D eigenvalue weighted by molar-refractivity contribution is -0.121. The summed E-state index contributed by atoms with van der Waals surface area (Å²) < 4.78 is 0. The predicted octanol–water partition coefficient (Wildman–Crippen LogP) is 2.99. The summed E-state index contributed by atoms with van der Waals surface area (Å²) in [6.45, 7) is 2.08. The third-order valence-corrected chi connectivity index (χ3v) is 3.84. The van der Waals surface area contributed by atoms with E-state index in [1.54, 1.807) is 12.1 Å². The number of nitrogens with one attached hydrogen (secondary N) is 1. The number of carbonyl (C=O) groups excluding carboxylic acids is 2. The molecule has 1 heterocycles. The molecular formula is C18H18N2O2. The first-order chi connectivity index (χ1) is 10.7. The number of para-hydroxylation sites is 1. The van der Waals surface area contributed by atoms with Gasteiger partial charge in [0.05, 0.1) is 12.1 Å². The molecule has 2 aromatic carbocycles. The summed E-state index contributed by atoms with van der Waals surface area (Å²) in [7, 11) is 0. The zero-order chi connectivity index (χ0) is 15.5. The zero-order valence-electron chi connectivity index (χ0n) is 12.5. The molecule has 0 saturated carbocycles. The van der Waals surface area contributed by atoms with Crippen molar-refractivity contribution in [3.05, 3.63) is 60.2 Å². The van der Waals surface area contributed by atoms with E-state index in [9.17, 15) is 9.59 Å². The Kier molecular flexibility index (Phi) is 3.92. The van der Waals surface area contributed by atoms with Gasteiger partial charge in [-0.2, -0.15) is 0 Å². The largest absolute Gasteiger partial charge is 0.373 e. The fourth-order valence-electron chi connectivity index (χ4n) is 2.68. The van der Waals surface area contributed by atoms with Crippen molar-refractivity contribution in [1.29, 1.82) is 0 Å². The van der Waals surface area contributed by atoms with Gasteiger partial charge in [0.25, 0.3) is 5.91 Å². The summed E-state index contributed by atoms with van der Waals surface area (Å²) in [5, 5.41) is 3.18. The second-order valence-corrected chi connectivity index (χ2v) is 5.36. The maximum atomic E-state index is 12.5. The number of amides is 2. The predicted molar refractivity (Wildman–Crippen MR) is 86.8 cm³/mol. The molecule has 0 spiro atoms. The minimum atomic E-state index is -0.500. The Morgan fingerprint density at radius 2 is 1.86 bits per heavy atom. The standard InChI is InChI=1S/C18H18N2O2/c1-2-13-7-6-8-14(11-13)19-16-12-17(21)20(18(16)22)15-9-4-3-5-10-15/h3-11,16,19H,2,12H2,1H3/t16-/m0/s1. The zero-order valence-corrected chi connectivity index (χ0v) is 12.5. The lowest BCUT2D eigenvalue weighted by Crippen LogP contribution is -2.34. The van der Waals surface area contributed by atoms with Crippen molar-refractivity contribution in [2.75, 3.05) is 10.2 Å². The number of benzene rings is 2. The van der Waals surface area contributed by atoms with Gasteiger partial charge >= 0.3 is 0 Å². The van der Waals surface area contributed by atoms with E-state index in [-0.39, 0.29) is 18.2 Å². The Balaban J connectivity index is 1.79. The first-order valence-corrected chi connectivity index (χ1v) is 7.46. The number of aryl methyl sites for hydroxylation is 1. The lowest BCUT2D eigenvalue weighted by Gasteiger charge is -2.16. The molecule has 0 aliphatic carbocycles. The summed E-state index contributed by atoms with van der Waals surface area (Å²) in [5.74, 6) is -0.363. The maximum Gasteiger partial charge on any atom is 0.256 e. The SMILES string of the molecule is CCc1cccc(N[C@H]2CC(=O)N(c3ccccc3)C2=O)c1. The number of carbonyl (C=O) groups is 2. The molecule has 22 heavy (non-hydrogen) atoms. The van der Waals surface area contributed by atoms with Crippen LogP contribution >= 0.6 is 0 Å². The van der Waals surface area contributed by atoms with Crippen LogP contribution < -0.4 is 10.2 Å². The lowest BCUT2D eigenvalue weighted by atomic mass is 10.1. The van der Waals surface area contributed by atoms with Crippen LogP contribution in [0.15, 0.2) is 54.6 Å². The summed E-state index contributed by atoms with van der Waals surface area (Å²) in [6.07, 6.45) is 1.12. The smallest absolute Gasteiger partial charge is 0.256 e. The highest BCUT2D eigenvalue weighted by molar-refractivity contribution is 6.23. The number of hydrogen-bond acceptors (Lipinski definition) is 3. The van der Waals surface area contributed by atoms with Crippen LogP contribution in [0.3, 0.4) is 0 Å². The molecule has 0 radical (unpaired) electrons. The molecule has 1 saturated heterocycles. The maximum absolute atomic E-state index is 12.5. The number of anilines is 2. The van der Waals surface area contributed by atoms with Crippen molar-refractivity contribution in [1.82, 2.24) is 0 Å². The van der Waals surface area contributed by atoms with Crippen molar-refractivity contribution in [3.8, 4) is 0 Å². The molecule has 1 aliphatic rings. The van der Waals surface area contributed by atoms with Crippen LogP contribution in [-0.4, -0.2) is 17.9 Å². The van der Waals surface area contributed by atoms with E-state index in [1.807, 2.05) is 42.5 Å². The average molecular weight is 294 g/mol. The van der Waals surface area contributed by atoms with Crippen LogP contribution in [0.4, 0.5) is 11.4 Å². The number of hydrogen-bond donors (Lipinski definition) is 1. The molecule has 1 N–H and O–H groups in total. The van der Waals surface area contributed by atoms with Crippen molar-refractivity contribution < 1.29 is 9.59 Å². The van der Waals surface area contributed by atoms with E-state index in [1.165, 1.54) is 10.5 Å². The summed E-state index contributed by atoms with van der Waals surface area (Å²) >= 11 is 0. The molecule has 4 nitrogen and oxygen atoms in total. The van der Waals surface area contributed by atoms with Crippen molar-refractivity contribution in [3.63, 3.8) is 0 Å². The monoisotopic (exact) mass is 294 g/mol. The Morgan fingerprint density at radius 1 is 1.09 bits per heavy atom. The van der Waals surface area contributed by atoms with Crippen LogP contribution in [0.25, 0.3) is 0 Å². The van der Waals surface area contributed by atoms with Gasteiger partial charge in [0.2, 0.25) is 5.91 Å². The Hall–Kier alpha value is -2.62. The van der Waals surface area contributed by atoms with Crippen molar-refractivity contribution in [2.24, 2.45) is 0 Å². The fourth-order valence-corrected chi connectivity index (χ4v) is 2.68. The van der Waals surface area contributed by atoms with Crippen LogP contribution in [0.5, 0.6) is 0 Å². The van der Waals surface area contributed by atoms with E-state index in [4.69, 9.17) is 0 Å². The third kappa shape index (κ3) is 2.72. The normalized spacial score (nSPS) is 17.9. The Morgan fingerprint density at radius 3 is 2.59 bits per heavy atom. The topological polar surface area (TPSA) is 49.4 Å². The first-order valence-electron chi connectivity index (χ1n) is 7.46. The van der Waals surface area contributed by atoms with Gasteiger partial charge in [-0.3, -0.25) is 9.59 Å². The highest BCUT2D eigenvalue weighted by atomic mass is 16.2. The Bertz CT molecular complexity index is 697. The highest BCUT2D eigenvalue weighted by Gasteiger charge is 2.39. The van der Waals surface area contributed by atoms with E-state index < -0.39 is 6.04 Å². The third-order valence-electron chi connectivity index (χ3n) is 3.84. The molecule has 3 rings (SSSR count). The van der Waals surface area contributed by atoms with Gasteiger partial charge in [-0.15, -0.1) is 0 Å². The van der Waals surface area contributed by atoms with Gasteiger partial charge in [0.1, 0.15) is 6.04 Å². The minimum Gasteiger partial charge on any atom is -0.373 e. The van der Waals surface area contributed by atoms with Gasteiger partial charge in [-0.05, 0) is 36.2 Å². The van der Waals surface area contributed by atoms with Crippen LogP contribution in [-0.2, 0) is 16.0 Å². The minimum absolute atomic E-state index is 0.166. The van der Waals surface area contributed by atoms with E-state index in [0.717, 1.165) is 12.1 Å². The quantitative estimate of drug-likeness (QED) is 0.882. The molecule has 0 unspecified atom stereocenters. The van der Waals surface area contributed by atoms with Crippen LogP contribution in [0.1, 0.15) is 18.9 Å². The molecule has 1 atom stereocenters. The molecule has 1 fully saturated rings. The number of nitrogens with zero attached hydrogens (tertiary/aromatic N) is 1.